The van der Waals surface area contributed by atoms with Crippen LogP contribution in [0.5, 0.6) is 0 Å². The van der Waals surface area contributed by atoms with Gasteiger partial charge in [0.25, 0.3) is 0 Å². The molecule has 1 aromatic rings. The first-order valence-electron chi connectivity index (χ1n) is 8.07. The second kappa shape index (κ2) is 6.73. The second-order valence-electron chi connectivity index (χ2n) is 6.63. The Balaban J connectivity index is 1.92. The average molecular weight is 275 g/mol. The highest BCUT2D eigenvalue weighted by atomic mass is 16.3. The molecule has 1 aliphatic rings. The van der Waals surface area contributed by atoms with Crippen molar-refractivity contribution in [2.24, 2.45) is 0 Å². The Morgan fingerprint density at radius 3 is 2.30 bits per heavy atom. The highest BCUT2D eigenvalue weighted by Crippen LogP contribution is 2.31. The molecule has 1 saturated carbocycles. The molecule has 2 rings (SSSR count). The minimum atomic E-state index is -0.495. The summed E-state index contributed by atoms with van der Waals surface area (Å²) in [6.45, 7) is 7.60. The topological polar surface area (TPSA) is 32.3 Å². The molecule has 0 unspecified atom stereocenters. The van der Waals surface area contributed by atoms with Gasteiger partial charge in [-0.2, -0.15) is 0 Å². The van der Waals surface area contributed by atoms with Crippen LogP contribution in [0.3, 0.4) is 0 Å². The van der Waals surface area contributed by atoms with Gasteiger partial charge in [-0.25, -0.2) is 0 Å². The van der Waals surface area contributed by atoms with Crippen molar-refractivity contribution in [2.45, 2.75) is 70.4 Å². The molecule has 2 N–H and O–H groups in total. The third kappa shape index (κ3) is 4.07. The molecule has 20 heavy (non-hydrogen) atoms. The summed E-state index contributed by atoms with van der Waals surface area (Å²) in [6.07, 6.45) is 4.81. The van der Waals surface area contributed by atoms with Gasteiger partial charge in [-0.1, -0.05) is 45.0 Å². The molecule has 0 heterocycles. The van der Waals surface area contributed by atoms with Crippen LogP contribution in [0.1, 0.15) is 63.5 Å². The van der Waals surface area contributed by atoms with Crippen LogP contribution in [0.15, 0.2) is 24.3 Å². The van der Waals surface area contributed by atoms with Crippen LogP contribution in [-0.2, 0) is 6.42 Å². The highest BCUT2D eigenvalue weighted by molar-refractivity contribution is 5.26. The molecule has 1 aliphatic carbocycles. The summed E-state index contributed by atoms with van der Waals surface area (Å²) in [5, 5.41) is 14.3. The largest absolute Gasteiger partial charge is 0.390 e. The van der Waals surface area contributed by atoms with Crippen molar-refractivity contribution in [3.63, 3.8) is 0 Å². The first-order valence-corrected chi connectivity index (χ1v) is 8.07. The first-order chi connectivity index (χ1) is 9.52. The van der Waals surface area contributed by atoms with E-state index in [0.29, 0.717) is 12.0 Å². The van der Waals surface area contributed by atoms with Crippen molar-refractivity contribution in [3.8, 4) is 0 Å². The van der Waals surface area contributed by atoms with Crippen molar-refractivity contribution in [1.29, 1.82) is 0 Å². The Hall–Kier alpha value is -0.860. The number of rotatable bonds is 5. The minimum absolute atomic E-state index is 0.495. The van der Waals surface area contributed by atoms with Gasteiger partial charge in [0.15, 0.2) is 0 Å². The van der Waals surface area contributed by atoms with Crippen LogP contribution in [-0.4, -0.2) is 23.3 Å². The van der Waals surface area contributed by atoms with Crippen LogP contribution in [0.2, 0.25) is 0 Å². The highest BCUT2D eigenvalue weighted by Gasteiger charge is 2.32. The van der Waals surface area contributed by atoms with Crippen molar-refractivity contribution in [3.05, 3.63) is 35.4 Å². The van der Waals surface area contributed by atoms with Gasteiger partial charge in [-0.15, -0.1) is 0 Å². The lowest BCUT2D eigenvalue weighted by atomic mass is 9.78. The normalized spacial score (nSPS) is 26.9. The lowest BCUT2D eigenvalue weighted by molar-refractivity contribution is -0.00294. The van der Waals surface area contributed by atoms with Gasteiger partial charge in [0, 0.05) is 12.5 Å². The summed E-state index contributed by atoms with van der Waals surface area (Å²) in [6, 6.07) is 9.37. The molecule has 0 aromatic heterocycles. The van der Waals surface area contributed by atoms with Gasteiger partial charge in [0.1, 0.15) is 0 Å². The van der Waals surface area contributed by atoms with Gasteiger partial charge in [0.2, 0.25) is 0 Å². The van der Waals surface area contributed by atoms with E-state index in [1.807, 2.05) is 0 Å². The fourth-order valence-corrected chi connectivity index (χ4v) is 3.23. The predicted molar refractivity (Wildman–Crippen MR) is 85.1 cm³/mol. The lowest BCUT2D eigenvalue weighted by Crippen LogP contribution is -2.42. The third-order valence-electron chi connectivity index (χ3n) is 4.59. The van der Waals surface area contributed by atoms with E-state index < -0.39 is 5.60 Å². The molecule has 0 bridgehead atoms. The molecule has 2 heteroatoms. The van der Waals surface area contributed by atoms with E-state index in [2.05, 4.69) is 50.4 Å². The maximum absolute atomic E-state index is 10.8. The average Bonchev–Trinajstić information content (AvgIpc) is 2.42. The molecule has 1 aromatic carbocycles. The number of nitrogens with one attached hydrogen (secondary N) is 1. The minimum Gasteiger partial charge on any atom is -0.390 e. The summed E-state index contributed by atoms with van der Waals surface area (Å²) in [5.41, 5.74) is 2.14. The Bertz CT molecular complexity index is 402. The number of aliphatic hydroxyl groups is 1. The molecule has 0 radical (unpaired) electrons. The zero-order chi connectivity index (χ0) is 14.6. The van der Waals surface area contributed by atoms with E-state index in [1.54, 1.807) is 0 Å². The summed E-state index contributed by atoms with van der Waals surface area (Å²) < 4.78 is 0. The SMILES string of the molecule is CCNC1CCC(O)(Cc2ccc(C(C)C)cc2)CC1. The Kier molecular flexibility index (Phi) is 5.22. The molecule has 0 aliphatic heterocycles. The molecule has 2 nitrogen and oxygen atoms in total. The van der Waals surface area contributed by atoms with Gasteiger partial charge in [0.05, 0.1) is 5.60 Å². The van der Waals surface area contributed by atoms with E-state index >= 15 is 0 Å². The van der Waals surface area contributed by atoms with Crippen molar-refractivity contribution in [2.75, 3.05) is 6.54 Å². The third-order valence-corrected chi connectivity index (χ3v) is 4.59. The van der Waals surface area contributed by atoms with Crippen LogP contribution in [0, 0.1) is 0 Å². The van der Waals surface area contributed by atoms with E-state index in [0.717, 1.165) is 38.6 Å². The smallest absolute Gasteiger partial charge is 0.0689 e. The van der Waals surface area contributed by atoms with Crippen LogP contribution in [0.25, 0.3) is 0 Å². The van der Waals surface area contributed by atoms with Gasteiger partial charge in [-0.05, 0) is 49.3 Å². The zero-order valence-corrected chi connectivity index (χ0v) is 13.2. The molecule has 0 saturated heterocycles. The molecule has 1 fully saturated rings. The lowest BCUT2D eigenvalue weighted by Gasteiger charge is -2.36. The number of hydrogen-bond donors (Lipinski definition) is 2. The van der Waals surface area contributed by atoms with Crippen molar-refractivity contribution in [1.82, 2.24) is 5.32 Å². The Morgan fingerprint density at radius 2 is 1.80 bits per heavy atom. The number of hydrogen-bond acceptors (Lipinski definition) is 2. The maximum Gasteiger partial charge on any atom is 0.0689 e. The standard InChI is InChI=1S/C18H29NO/c1-4-19-17-9-11-18(20,12-10-17)13-15-5-7-16(8-6-15)14(2)3/h5-8,14,17,19-20H,4,9-13H2,1-3H3. The van der Waals surface area contributed by atoms with Crippen LogP contribution >= 0.6 is 0 Å². The zero-order valence-electron chi connectivity index (χ0n) is 13.2. The maximum atomic E-state index is 10.8. The summed E-state index contributed by atoms with van der Waals surface area (Å²) in [5.74, 6) is 0.572. The van der Waals surface area contributed by atoms with E-state index in [9.17, 15) is 5.11 Å². The predicted octanol–water partition coefficient (Wildman–Crippen LogP) is 3.64. The summed E-state index contributed by atoms with van der Waals surface area (Å²) in [7, 11) is 0. The molecule has 0 atom stereocenters. The van der Waals surface area contributed by atoms with Crippen LogP contribution < -0.4 is 5.32 Å². The molecular weight excluding hydrogens is 246 g/mol. The van der Waals surface area contributed by atoms with Gasteiger partial charge in [-0.3, -0.25) is 0 Å². The molecular formula is C18H29NO. The number of benzene rings is 1. The fraction of sp³-hybridized carbons (Fsp3) is 0.667. The van der Waals surface area contributed by atoms with Crippen molar-refractivity contribution < 1.29 is 5.11 Å². The van der Waals surface area contributed by atoms with Crippen LogP contribution in [0.4, 0.5) is 0 Å². The van der Waals surface area contributed by atoms with E-state index in [-0.39, 0.29) is 0 Å². The summed E-state index contributed by atoms with van der Waals surface area (Å²) in [4.78, 5) is 0. The molecule has 112 valence electrons. The Labute approximate surface area is 123 Å². The van der Waals surface area contributed by atoms with E-state index in [1.165, 1.54) is 11.1 Å². The molecule has 0 spiro atoms. The van der Waals surface area contributed by atoms with Crippen molar-refractivity contribution >= 4 is 0 Å². The van der Waals surface area contributed by atoms with E-state index in [4.69, 9.17) is 0 Å². The monoisotopic (exact) mass is 275 g/mol. The van der Waals surface area contributed by atoms with Gasteiger partial charge < -0.3 is 10.4 Å². The quantitative estimate of drug-likeness (QED) is 0.860. The molecule has 0 amide bonds. The fourth-order valence-electron chi connectivity index (χ4n) is 3.23. The Morgan fingerprint density at radius 1 is 1.20 bits per heavy atom. The second-order valence-corrected chi connectivity index (χ2v) is 6.63. The first kappa shape index (κ1) is 15.5. The summed E-state index contributed by atoms with van der Waals surface area (Å²) >= 11 is 0. The van der Waals surface area contributed by atoms with Gasteiger partial charge >= 0.3 is 0 Å².